The van der Waals surface area contributed by atoms with Crippen molar-refractivity contribution in [2.45, 2.75) is 18.7 Å². The van der Waals surface area contributed by atoms with E-state index in [2.05, 4.69) is 5.32 Å². The second-order valence-corrected chi connectivity index (χ2v) is 9.14. The summed E-state index contributed by atoms with van der Waals surface area (Å²) in [4.78, 5) is 13.0. The molecule has 0 saturated heterocycles. The van der Waals surface area contributed by atoms with Gasteiger partial charge in [-0.25, -0.2) is 8.42 Å². The van der Waals surface area contributed by atoms with Gasteiger partial charge >= 0.3 is 0 Å². The molecule has 8 heteroatoms. The molecule has 0 aliphatic rings. The average molecular weight is 455 g/mol. The Labute approximate surface area is 188 Å². The van der Waals surface area contributed by atoms with E-state index in [9.17, 15) is 13.2 Å². The van der Waals surface area contributed by atoms with Crippen LogP contribution in [0.1, 0.15) is 11.1 Å². The Morgan fingerprint density at radius 2 is 1.41 bits per heavy atom. The van der Waals surface area contributed by atoms with Crippen LogP contribution in [0.25, 0.3) is 0 Å². The summed E-state index contributed by atoms with van der Waals surface area (Å²) in [6, 6.07) is 18.4. The fourth-order valence-electron chi connectivity index (χ4n) is 3.11. The Morgan fingerprint density at radius 1 is 0.844 bits per heavy atom. The van der Waals surface area contributed by atoms with E-state index in [1.54, 1.807) is 54.6 Å². The van der Waals surface area contributed by atoms with E-state index in [4.69, 9.17) is 9.47 Å². The van der Waals surface area contributed by atoms with Crippen molar-refractivity contribution in [2.75, 3.05) is 30.4 Å². The molecule has 3 aromatic rings. The Kier molecular flexibility index (Phi) is 7.05. The fourth-order valence-corrected chi connectivity index (χ4v) is 4.53. The summed E-state index contributed by atoms with van der Waals surface area (Å²) >= 11 is 0. The van der Waals surface area contributed by atoms with Gasteiger partial charge < -0.3 is 14.8 Å². The van der Waals surface area contributed by atoms with Gasteiger partial charge in [0, 0.05) is 11.8 Å². The van der Waals surface area contributed by atoms with Gasteiger partial charge in [-0.2, -0.15) is 0 Å². The molecule has 0 aliphatic heterocycles. The van der Waals surface area contributed by atoms with Gasteiger partial charge in [-0.1, -0.05) is 35.4 Å². The van der Waals surface area contributed by atoms with Crippen LogP contribution in [0.4, 0.5) is 11.4 Å². The summed E-state index contributed by atoms with van der Waals surface area (Å²) in [5, 5.41) is 2.73. The maximum absolute atomic E-state index is 13.4. The number of carbonyl (C=O) groups is 1. The lowest BCUT2D eigenvalue weighted by atomic mass is 10.2. The number of sulfonamides is 1. The Morgan fingerprint density at radius 3 is 1.97 bits per heavy atom. The van der Waals surface area contributed by atoms with Gasteiger partial charge in [-0.15, -0.1) is 0 Å². The number of nitrogens with zero attached hydrogens (tertiary/aromatic N) is 1. The minimum atomic E-state index is -3.97. The molecule has 7 nitrogen and oxygen atoms in total. The standard InChI is InChI=1S/C24H26N2O5S/c1-17-5-10-20(11-6-17)26(32(28,29)21-12-7-18(2)8-13-21)16-24(27)25-19-9-14-22(30-3)23(15-19)31-4/h5-15H,16H2,1-4H3,(H,25,27). The van der Waals surface area contributed by atoms with Crippen LogP contribution in [0.15, 0.2) is 71.6 Å². The van der Waals surface area contributed by atoms with Gasteiger partial charge in [0.25, 0.3) is 10.0 Å². The van der Waals surface area contributed by atoms with E-state index in [-0.39, 0.29) is 4.90 Å². The zero-order valence-electron chi connectivity index (χ0n) is 18.5. The van der Waals surface area contributed by atoms with Crippen molar-refractivity contribution in [3.63, 3.8) is 0 Å². The summed E-state index contributed by atoms with van der Waals surface area (Å²) in [6.07, 6.45) is 0. The molecule has 32 heavy (non-hydrogen) atoms. The van der Waals surface area contributed by atoms with Gasteiger partial charge in [0.2, 0.25) is 5.91 Å². The fraction of sp³-hybridized carbons (Fsp3) is 0.208. The van der Waals surface area contributed by atoms with Gasteiger partial charge in [-0.3, -0.25) is 9.10 Å². The Hall–Kier alpha value is -3.52. The zero-order valence-corrected chi connectivity index (χ0v) is 19.3. The summed E-state index contributed by atoms with van der Waals surface area (Å²) in [6.45, 7) is 3.39. The molecule has 0 saturated carbocycles. The zero-order chi connectivity index (χ0) is 23.3. The van der Waals surface area contributed by atoms with Crippen molar-refractivity contribution in [2.24, 2.45) is 0 Å². The van der Waals surface area contributed by atoms with Crippen molar-refractivity contribution in [3.8, 4) is 11.5 Å². The lowest BCUT2D eigenvalue weighted by molar-refractivity contribution is -0.114. The summed E-state index contributed by atoms with van der Waals surface area (Å²) in [5.41, 5.74) is 2.79. The van der Waals surface area contributed by atoms with Gasteiger partial charge in [0.15, 0.2) is 11.5 Å². The quantitative estimate of drug-likeness (QED) is 0.553. The second-order valence-electron chi connectivity index (χ2n) is 7.28. The molecule has 3 rings (SSSR count). The van der Waals surface area contributed by atoms with Crippen LogP contribution < -0.4 is 19.1 Å². The summed E-state index contributed by atoms with van der Waals surface area (Å²) < 4.78 is 38.4. The van der Waals surface area contributed by atoms with Crippen LogP contribution in [-0.2, 0) is 14.8 Å². The molecule has 1 amide bonds. The van der Waals surface area contributed by atoms with Crippen LogP contribution in [0.3, 0.4) is 0 Å². The number of aryl methyl sites for hydroxylation is 2. The molecule has 0 bridgehead atoms. The maximum atomic E-state index is 13.4. The molecule has 1 N–H and O–H groups in total. The number of hydrogen-bond acceptors (Lipinski definition) is 5. The number of amides is 1. The first-order valence-electron chi connectivity index (χ1n) is 9.92. The summed E-state index contributed by atoms with van der Waals surface area (Å²) in [7, 11) is -0.951. The Balaban J connectivity index is 1.91. The van der Waals surface area contributed by atoms with E-state index in [1.807, 2.05) is 13.8 Å². The number of benzene rings is 3. The normalized spacial score (nSPS) is 11.0. The third-order valence-corrected chi connectivity index (χ3v) is 6.67. The SMILES string of the molecule is COc1ccc(NC(=O)CN(c2ccc(C)cc2)S(=O)(=O)c2ccc(C)cc2)cc1OC. The first-order chi connectivity index (χ1) is 15.2. The van der Waals surface area contributed by atoms with E-state index in [0.29, 0.717) is 22.9 Å². The highest BCUT2D eigenvalue weighted by Crippen LogP contribution is 2.30. The number of methoxy groups -OCH3 is 2. The van der Waals surface area contributed by atoms with Gasteiger partial charge in [0.1, 0.15) is 6.54 Å². The molecule has 0 unspecified atom stereocenters. The van der Waals surface area contributed by atoms with Crippen LogP contribution in [0.2, 0.25) is 0 Å². The van der Waals surface area contributed by atoms with Crippen molar-refractivity contribution in [1.82, 2.24) is 0 Å². The number of carbonyl (C=O) groups excluding carboxylic acids is 1. The van der Waals surface area contributed by atoms with Crippen molar-refractivity contribution in [1.29, 1.82) is 0 Å². The first-order valence-corrected chi connectivity index (χ1v) is 11.4. The number of nitrogens with one attached hydrogen (secondary N) is 1. The molecule has 168 valence electrons. The molecule has 0 heterocycles. The third kappa shape index (κ3) is 5.20. The van der Waals surface area contributed by atoms with Crippen LogP contribution in [-0.4, -0.2) is 35.1 Å². The number of hydrogen-bond donors (Lipinski definition) is 1. The minimum Gasteiger partial charge on any atom is -0.493 e. The van der Waals surface area contributed by atoms with Crippen molar-refractivity contribution in [3.05, 3.63) is 77.9 Å². The third-order valence-electron chi connectivity index (χ3n) is 4.89. The summed E-state index contributed by atoms with van der Waals surface area (Å²) in [5.74, 6) is 0.482. The van der Waals surface area contributed by atoms with E-state index >= 15 is 0 Å². The number of rotatable bonds is 8. The topological polar surface area (TPSA) is 84.9 Å². The molecular weight excluding hydrogens is 428 g/mol. The molecule has 0 radical (unpaired) electrons. The smallest absolute Gasteiger partial charge is 0.264 e. The lowest BCUT2D eigenvalue weighted by Crippen LogP contribution is -2.38. The van der Waals surface area contributed by atoms with E-state index < -0.39 is 22.5 Å². The lowest BCUT2D eigenvalue weighted by Gasteiger charge is -2.24. The maximum Gasteiger partial charge on any atom is 0.264 e. The van der Waals surface area contributed by atoms with Crippen molar-refractivity contribution < 1.29 is 22.7 Å². The molecule has 0 atom stereocenters. The van der Waals surface area contributed by atoms with Gasteiger partial charge in [-0.05, 0) is 50.2 Å². The number of ether oxygens (including phenoxy) is 2. The van der Waals surface area contributed by atoms with Crippen LogP contribution >= 0.6 is 0 Å². The van der Waals surface area contributed by atoms with Crippen molar-refractivity contribution >= 4 is 27.3 Å². The average Bonchev–Trinajstić information content (AvgIpc) is 2.78. The van der Waals surface area contributed by atoms with E-state index in [1.165, 1.54) is 26.4 Å². The molecular formula is C24H26N2O5S. The van der Waals surface area contributed by atoms with Crippen LogP contribution in [0.5, 0.6) is 11.5 Å². The molecule has 3 aromatic carbocycles. The highest BCUT2D eigenvalue weighted by molar-refractivity contribution is 7.92. The highest BCUT2D eigenvalue weighted by Gasteiger charge is 2.27. The highest BCUT2D eigenvalue weighted by atomic mass is 32.2. The first kappa shape index (κ1) is 23.1. The largest absolute Gasteiger partial charge is 0.493 e. The Bertz CT molecular complexity index is 1190. The number of anilines is 2. The van der Waals surface area contributed by atoms with Gasteiger partial charge in [0.05, 0.1) is 24.8 Å². The predicted molar refractivity (Wildman–Crippen MR) is 125 cm³/mol. The molecule has 0 aliphatic carbocycles. The van der Waals surface area contributed by atoms with Crippen LogP contribution in [0, 0.1) is 13.8 Å². The van der Waals surface area contributed by atoms with E-state index in [0.717, 1.165) is 15.4 Å². The molecule has 0 aromatic heterocycles. The predicted octanol–water partition coefficient (Wildman–Crippen LogP) is 4.15. The minimum absolute atomic E-state index is 0.114. The molecule has 0 spiro atoms. The second kappa shape index (κ2) is 9.74. The monoisotopic (exact) mass is 454 g/mol. The molecule has 0 fully saturated rings.